The van der Waals surface area contributed by atoms with Crippen molar-refractivity contribution < 1.29 is 38.4 Å². The van der Waals surface area contributed by atoms with Crippen LogP contribution in [0.2, 0.25) is 0 Å². The molecule has 1 atom stereocenters. The summed E-state index contributed by atoms with van der Waals surface area (Å²) in [6.07, 6.45) is 0. The third-order valence-corrected chi connectivity index (χ3v) is 6.98. The second-order valence-electron chi connectivity index (χ2n) is 5.36. The summed E-state index contributed by atoms with van der Waals surface area (Å²) in [6, 6.07) is 11.4. The molecular weight excluding hydrogens is 516 g/mol. The van der Waals surface area contributed by atoms with Gasteiger partial charge in [-0.3, -0.25) is 0 Å². The molecule has 0 bridgehead atoms. The van der Waals surface area contributed by atoms with Crippen LogP contribution >= 0.6 is 0 Å². The normalized spacial score (nSPS) is 12.9. The molecule has 0 aliphatic rings. The van der Waals surface area contributed by atoms with E-state index < -0.39 is 66.5 Å². The Hall–Kier alpha value is -2.74. The summed E-state index contributed by atoms with van der Waals surface area (Å²) in [4.78, 5) is 0. The van der Waals surface area contributed by atoms with E-state index >= 15 is 0 Å². The van der Waals surface area contributed by atoms with Crippen molar-refractivity contribution in [2.24, 2.45) is 0 Å². The SMILES string of the molecule is [O]=[Sb]([O]c1ccccc1)([O]c1ccccc1F)[O]c1c(F)c(F)c(F)c(F)c1F. The third-order valence-electron chi connectivity index (χ3n) is 3.38. The minimum absolute atomic E-state index is 0.172. The van der Waals surface area contributed by atoms with Gasteiger partial charge in [-0.15, -0.1) is 0 Å². The van der Waals surface area contributed by atoms with Crippen molar-refractivity contribution in [1.82, 2.24) is 0 Å². The summed E-state index contributed by atoms with van der Waals surface area (Å²) in [6.45, 7) is 0. The van der Waals surface area contributed by atoms with E-state index in [1.807, 2.05) is 0 Å². The Bertz CT molecular complexity index is 1060. The first-order valence-corrected chi connectivity index (χ1v) is 11.9. The molecule has 0 heterocycles. The molecule has 29 heavy (non-hydrogen) atoms. The minimum atomic E-state index is -6.34. The molecule has 0 aliphatic heterocycles. The Labute approximate surface area is 165 Å². The van der Waals surface area contributed by atoms with Crippen molar-refractivity contribution in [3.8, 4) is 17.2 Å². The molecule has 0 aliphatic carbocycles. The van der Waals surface area contributed by atoms with Gasteiger partial charge in [0.1, 0.15) is 0 Å². The standard InChI is InChI=1S/C6HF5O.C6H5FO.C6H6O.O.Sb/c7-1-2(8)4(10)6(12)5(11)3(1)9;7-5-3-1-2-4-6(5)8;7-6-4-2-1-3-5-6;;/h12H;1-4,8H;1-5,7H;;/q;;;;+3/p-3. The average molecular weight is 525 g/mol. The van der Waals surface area contributed by atoms with E-state index in [1.165, 1.54) is 36.4 Å². The average Bonchev–Trinajstić information content (AvgIpc) is 2.71. The number of halogens is 6. The predicted molar refractivity (Wildman–Crippen MR) is 87.4 cm³/mol. The summed E-state index contributed by atoms with van der Waals surface area (Å²) in [5.74, 6) is -15.6. The fraction of sp³-hybridized carbons (Fsp3) is 0. The number of benzene rings is 3. The molecule has 0 amide bonds. The summed E-state index contributed by atoms with van der Waals surface area (Å²) in [5.41, 5.74) is 0. The van der Waals surface area contributed by atoms with Crippen LogP contribution in [0.3, 0.4) is 0 Å². The van der Waals surface area contributed by atoms with Crippen LogP contribution in [0.15, 0.2) is 54.6 Å². The Kier molecular flexibility index (Phi) is 6.02. The summed E-state index contributed by atoms with van der Waals surface area (Å²) < 4.78 is 109. The molecule has 4 nitrogen and oxygen atoms in total. The van der Waals surface area contributed by atoms with Crippen LogP contribution in [-0.2, 0) is 3.02 Å². The molecule has 3 aromatic rings. The Morgan fingerprint density at radius 3 is 1.69 bits per heavy atom. The number of hydrogen-bond donors (Lipinski definition) is 0. The van der Waals surface area contributed by atoms with Crippen LogP contribution in [-0.4, -0.2) is 20.1 Å². The molecule has 0 radical (unpaired) electrons. The summed E-state index contributed by atoms with van der Waals surface area (Å²) in [5, 5.41) is 0. The van der Waals surface area contributed by atoms with Gasteiger partial charge in [0, 0.05) is 0 Å². The third kappa shape index (κ3) is 4.47. The molecule has 0 aromatic heterocycles. The van der Waals surface area contributed by atoms with Crippen LogP contribution in [0.25, 0.3) is 0 Å². The van der Waals surface area contributed by atoms with Gasteiger partial charge >= 0.3 is 165 Å². The quantitative estimate of drug-likeness (QED) is 0.199. The number of hydrogen-bond acceptors (Lipinski definition) is 4. The van der Waals surface area contributed by atoms with Gasteiger partial charge in [0.05, 0.1) is 0 Å². The maximum absolute atomic E-state index is 14.0. The molecule has 0 N–H and O–H groups in total. The molecule has 0 saturated carbocycles. The zero-order chi connectivity index (χ0) is 21.2. The first-order chi connectivity index (χ1) is 13.7. The van der Waals surface area contributed by atoms with Gasteiger partial charge in [0.2, 0.25) is 0 Å². The molecule has 3 rings (SSSR count). The van der Waals surface area contributed by atoms with Crippen molar-refractivity contribution in [2.75, 3.05) is 0 Å². The fourth-order valence-electron chi connectivity index (χ4n) is 2.08. The van der Waals surface area contributed by atoms with Crippen molar-refractivity contribution in [2.45, 2.75) is 0 Å². The Balaban J connectivity index is 2.07. The number of rotatable bonds is 6. The van der Waals surface area contributed by atoms with Gasteiger partial charge in [-0.1, -0.05) is 0 Å². The van der Waals surface area contributed by atoms with Gasteiger partial charge in [0.25, 0.3) is 0 Å². The van der Waals surface area contributed by atoms with E-state index in [4.69, 9.17) is 6.03 Å². The van der Waals surface area contributed by atoms with E-state index in [9.17, 15) is 29.4 Å². The van der Waals surface area contributed by atoms with Gasteiger partial charge in [-0.2, -0.15) is 0 Å². The van der Waals surface area contributed by atoms with E-state index in [0.29, 0.717) is 0 Å². The molecule has 0 spiro atoms. The Morgan fingerprint density at radius 1 is 0.586 bits per heavy atom. The van der Waals surface area contributed by atoms with Crippen molar-refractivity contribution in [3.05, 3.63) is 89.5 Å². The number of para-hydroxylation sites is 2. The summed E-state index contributed by atoms with van der Waals surface area (Å²) >= 11 is -6.34. The van der Waals surface area contributed by atoms with Crippen molar-refractivity contribution in [3.63, 3.8) is 0 Å². The second-order valence-corrected chi connectivity index (χ2v) is 9.48. The molecule has 152 valence electrons. The van der Waals surface area contributed by atoms with Crippen LogP contribution in [0.1, 0.15) is 0 Å². The molecule has 0 fully saturated rings. The molecule has 3 aromatic carbocycles. The van der Waals surface area contributed by atoms with Crippen molar-refractivity contribution in [1.29, 1.82) is 0 Å². The predicted octanol–water partition coefficient (Wildman–Crippen LogP) is 4.92. The van der Waals surface area contributed by atoms with Gasteiger partial charge in [-0.25, -0.2) is 0 Å². The molecular formula is C18H9F6O4Sb. The van der Waals surface area contributed by atoms with E-state index in [-0.39, 0.29) is 5.75 Å². The van der Waals surface area contributed by atoms with Crippen LogP contribution in [0.5, 0.6) is 17.2 Å². The second kappa shape index (κ2) is 8.32. The molecule has 1 unspecified atom stereocenters. The van der Waals surface area contributed by atoms with Crippen LogP contribution in [0.4, 0.5) is 26.3 Å². The van der Waals surface area contributed by atoms with Gasteiger partial charge in [0.15, 0.2) is 0 Å². The zero-order valence-electron chi connectivity index (χ0n) is 14.0. The first kappa shape index (κ1) is 21.0. The molecule has 11 heteroatoms. The first-order valence-electron chi connectivity index (χ1n) is 7.71. The molecule has 0 saturated heterocycles. The van der Waals surface area contributed by atoms with Crippen LogP contribution in [0, 0.1) is 34.9 Å². The monoisotopic (exact) mass is 524 g/mol. The zero-order valence-corrected chi connectivity index (χ0v) is 16.6. The Morgan fingerprint density at radius 2 is 1.10 bits per heavy atom. The van der Waals surface area contributed by atoms with Crippen LogP contribution < -0.4 is 9.05 Å². The van der Waals surface area contributed by atoms with Crippen molar-refractivity contribution >= 4 is 20.1 Å². The summed E-state index contributed by atoms with van der Waals surface area (Å²) in [7, 11) is 0. The fourth-order valence-corrected chi connectivity index (χ4v) is 5.69. The topological polar surface area (TPSA) is 44.8 Å². The maximum atomic E-state index is 14.0. The van der Waals surface area contributed by atoms with E-state index in [2.05, 4.69) is 3.02 Å². The van der Waals surface area contributed by atoms with E-state index in [0.717, 1.165) is 12.1 Å². The van der Waals surface area contributed by atoms with Gasteiger partial charge < -0.3 is 0 Å². The van der Waals surface area contributed by atoms with E-state index in [1.54, 1.807) is 6.07 Å². The van der Waals surface area contributed by atoms with Gasteiger partial charge in [-0.05, 0) is 0 Å².